The van der Waals surface area contributed by atoms with Gasteiger partial charge in [0.25, 0.3) is 5.56 Å². The summed E-state index contributed by atoms with van der Waals surface area (Å²) < 4.78 is 39.1. The summed E-state index contributed by atoms with van der Waals surface area (Å²) in [5, 5.41) is 3.22. The predicted molar refractivity (Wildman–Crippen MR) is 74.8 cm³/mol. The Morgan fingerprint density at radius 1 is 1.27 bits per heavy atom. The van der Waals surface area contributed by atoms with E-state index in [1.807, 2.05) is 0 Å². The molecule has 1 atom stereocenters. The Hall–Kier alpha value is -2.09. The maximum absolute atomic E-state index is 12.7. The van der Waals surface area contributed by atoms with Crippen LogP contribution < -0.4 is 16.6 Å². The van der Waals surface area contributed by atoms with Crippen molar-refractivity contribution in [3.8, 4) is 0 Å². The minimum Gasteiger partial charge on any atom is -0.316 e. The number of rotatable bonds is 2. The molecule has 8 heteroatoms. The zero-order chi connectivity index (χ0) is 15.9. The fourth-order valence-corrected chi connectivity index (χ4v) is 2.73. The highest BCUT2D eigenvalue weighted by atomic mass is 19.4. The van der Waals surface area contributed by atoms with Gasteiger partial charge in [0.15, 0.2) is 0 Å². The third kappa shape index (κ3) is 2.66. The normalized spacial score (nSPS) is 19.0. The first-order valence-electron chi connectivity index (χ1n) is 6.91. The van der Waals surface area contributed by atoms with Crippen molar-refractivity contribution in [2.45, 2.75) is 19.1 Å². The van der Waals surface area contributed by atoms with E-state index in [0.29, 0.717) is 0 Å². The molecule has 1 saturated heterocycles. The van der Waals surface area contributed by atoms with Gasteiger partial charge in [-0.1, -0.05) is 0 Å². The summed E-state index contributed by atoms with van der Waals surface area (Å²) in [4.78, 5) is 26.7. The van der Waals surface area contributed by atoms with Crippen molar-refractivity contribution in [1.82, 2.24) is 14.9 Å². The zero-order valence-electron chi connectivity index (χ0n) is 11.5. The Kier molecular flexibility index (Phi) is 3.56. The lowest BCUT2D eigenvalue weighted by Crippen LogP contribution is -2.37. The van der Waals surface area contributed by atoms with Gasteiger partial charge in [-0.3, -0.25) is 9.36 Å². The van der Waals surface area contributed by atoms with Crippen molar-refractivity contribution < 1.29 is 13.2 Å². The SMILES string of the molecule is O=c1[nH]c2cc(C(F)(F)F)ccc2c(=O)n1CC1CCNC1. The molecular weight excluding hydrogens is 299 g/mol. The predicted octanol–water partition coefficient (Wildman–Crippen LogP) is 1.32. The van der Waals surface area contributed by atoms with Crippen LogP contribution >= 0.6 is 0 Å². The van der Waals surface area contributed by atoms with Crippen LogP contribution in [0.5, 0.6) is 0 Å². The highest BCUT2D eigenvalue weighted by Gasteiger charge is 2.30. The largest absolute Gasteiger partial charge is 0.416 e. The van der Waals surface area contributed by atoms with E-state index in [2.05, 4.69) is 10.3 Å². The number of alkyl halides is 3. The lowest BCUT2D eigenvalue weighted by molar-refractivity contribution is -0.137. The number of aromatic amines is 1. The van der Waals surface area contributed by atoms with Crippen molar-refractivity contribution >= 4 is 10.9 Å². The highest BCUT2D eigenvalue weighted by Crippen LogP contribution is 2.30. The Morgan fingerprint density at radius 3 is 2.68 bits per heavy atom. The lowest BCUT2D eigenvalue weighted by Gasteiger charge is -2.12. The number of H-pyrrole nitrogens is 1. The molecule has 22 heavy (non-hydrogen) atoms. The van der Waals surface area contributed by atoms with Gasteiger partial charge < -0.3 is 10.3 Å². The number of benzene rings is 1. The Labute approximate surface area is 122 Å². The smallest absolute Gasteiger partial charge is 0.316 e. The standard InChI is InChI=1S/C14H14F3N3O2/c15-14(16,17)9-1-2-10-11(5-9)19-13(22)20(12(10)21)7-8-3-4-18-6-8/h1-2,5,8,18H,3-4,6-7H2,(H,19,22). The quantitative estimate of drug-likeness (QED) is 0.879. The number of fused-ring (bicyclic) bond motifs is 1. The summed E-state index contributed by atoms with van der Waals surface area (Å²) >= 11 is 0. The first-order valence-corrected chi connectivity index (χ1v) is 6.91. The molecule has 2 heterocycles. The molecule has 1 fully saturated rings. The van der Waals surface area contributed by atoms with Crippen LogP contribution in [0.1, 0.15) is 12.0 Å². The summed E-state index contributed by atoms with van der Waals surface area (Å²) in [6.45, 7) is 1.81. The van der Waals surface area contributed by atoms with Crippen LogP contribution in [0.3, 0.4) is 0 Å². The molecule has 2 aromatic rings. The number of hydrogen-bond acceptors (Lipinski definition) is 3. The first kappa shape index (κ1) is 14.8. The molecule has 0 spiro atoms. The van der Waals surface area contributed by atoms with E-state index in [4.69, 9.17) is 0 Å². The second-order valence-electron chi connectivity index (χ2n) is 5.46. The fraction of sp³-hybridized carbons (Fsp3) is 0.429. The van der Waals surface area contributed by atoms with Crippen molar-refractivity contribution in [1.29, 1.82) is 0 Å². The third-order valence-corrected chi connectivity index (χ3v) is 3.91. The van der Waals surface area contributed by atoms with E-state index in [-0.39, 0.29) is 23.4 Å². The molecule has 0 bridgehead atoms. The van der Waals surface area contributed by atoms with Crippen LogP contribution in [-0.4, -0.2) is 22.6 Å². The summed E-state index contributed by atoms with van der Waals surface area (Å²) in [5.41, 5.74) is -2.22. The van der Waals surface area contributed by atoms with E-state index in [0.717, 1.165) is 42.3 Å². The average molecular weight is 313 g/mol. The average Bonchev–Trinajstić information content (AvgIpc) is 2.95. The molecule has 3 rings (SSSR count). The fourth-order valence-electron chi connectivity index (χ4n) is 2.73. The van der Waals surface area contributed by atoms with Crippen LogP contribution in [0.2, 0.25) is 0 Å². The molecule has 0 aliphatic carbocycles. The van der Waals surface area contributed by atoms with Crippen LogP contribution in [0.15, 0.2) is 27.8 Å². The molecule has 1 aliphatic heterocycles. The van der Waals surface area contributed by atoms with Gasteiger partial charge in [0.05, 0.1) is 16.5 Å². The van der Waals surface area contributed by atoms with Gasteiger partial charge in [-0.25, -0.2) is 4.79 Å². The molecule has 1 aromatic heterocycles. The van der Waals surface area contributed by atoms with E-state index >= 15 is 0 Å². The molecule has 2 N–H and O–H groups in total. The zero-order valence-corrected chi connectivity index (χ0v) is 11.5. The molecule has 5 nitrogen and oxygen atoms in total. The van der Waals surface area contributed by atoms with E-state index in [1.165, 1.54) is 0 Å². The van der Waals surface area contributed by atoms with E-state index in [9.17, 15) is 22.8 Å². The van der Waals surface area contributed by atoms with Gasteiger partial charge >= 0.3 is 11.9 Å². The van der Waals surface area contributed by atoms with Crippen LogP contribution in [0.25, 0.3) is 10.9 Å². The Balaban J connectivity index is 2.09. The van der Waals surface area contributed by atoms with E-state index < -0.39 is 23.0 Å². The van der Waals surface area contributed by atoms with Gasteiger partial charge in [0.1, 0.15) is 0 Å². The van der Waals surface area contributed by atoms with Crippen molar-refractivity contribution in [2.24, 2.45) is 5.92 Å². The highest BCUT2D eigenvalue weighted by molar-refractivity contribution is 5.78. The summed E-state index contributed by atoms with van der Waals surface area (Å²) in [6, 6.07) is 2.75. The minimum absolute atomic E-state index is 0.0820. The number of hydrogen-bond donors (Lipinski definition) is 2. The number of nitrogens with zero attached hydrogens (tertiary/aromatic N) is 1. The van der Waals surface area contributed by atoms with Gasteiger partial charge in [0.2, 0.25) is 0 Å². The molecular formula is C14H14F3N3O2. The number of nitrogens with one attached hydrogen (secondary N) is 2. The topological polar surface area (TPSA) is 66.9 Å². The molecule has 1 aliphatic rings. The molecule has 1 unspecified atom stereocenters. The molecule has 0 radical (unpaired) electrons. The molecule has 118 valence electrons. The minimum atomic E-state index is -4.52. The Bertz CT molecular complexity index is 817. The van der Waals surface area contributed by atoms with Crippen molar-refractivity contribution in [3.63, 3.8) is 0 Å². The number of halogens is 3. The van der Waals surface area contributed by atoms with Crippen LogP contribution in [0, 0.1) is 5.92 Å². The Morgan fingerprint density at radius 2 is 2.05 bits per heavy atom. The van der Waals surface area contributed by atoms with Crippen LogP contribution in [-0.2, 0) is 12.7 Å². The van der Waals surface area contributed by atoms with Gasteiger partial charge in [-0.05, 0) is 43.6 Å². The summed E-state index contributed by atoms with van der Waals surface area (Å²) in [6.07, 6.45) is -3.66. The molecule has 0 amide bonds. The van der Waals surface area contributed by atoms with Gasteiger partial charge in [0, 0.05) is 6.54 Å². The maximum atomic E-state index is 12.7. The molecule has 1 aromatic carbocycles. The monoisotopic (exact) mass is 313 g/mol. The van der Waals surface area contributed by atoms with Crippen molar-refractivity contribution in [2.75, 3.05) is 13.1 Å². The second-order valence-corrected chi connectivity index (χ2v) is 5.46. The maximum Gasteiger partial charge on any atom is 0.416 e. The number of aromatic nitrogens is 2. The van der Waals surface area contributed by atoms with E-state index in [1.54, 1.807) is 0 Å². The summed E-state index contributed by atoms with van der Waals surface area (Å²) in [7, 11) is 0. The summed E-state index contributed by atoms with van der Waals surface area (Å²) in [5.74, 6) is 0.172. The first-order chi connectivity index (χ1) is 10.4. The van der Waals surface area contributed by atoms with Gasteiger partial charge in [-0.2, -0.15) is 13.2 Å². The lowest BCUT2D eigenvalue weighted by atomic mass is 10.1. The van der Waals surface area contributed by atoms with Gasteiger partial charge in [-0.15, -0.1) is 0 Å². The van der Waals surface area contributed by atoms with Crippen LogP contribution in [0.4, 0.5) is 13.2 Å². The molecule has 0 saturated carbocycles. The van der Waals surface area contributed by atoms with Crippen molar-refractivity contribution in [3.05, 3.63) is 44.6 Å². The third-order valence-electron chi connectivity index (χ3n) is 3.91. The second kappa shape index (κ2) is 5.28.